The molecule has 1 aliphatic rings. The highest BCUT2D eigenvalue weighted by Gasteiger charge is 2.32. The molecule has 0 bridgehead atoms. The van der Waals surface area contributed by atoms with Gasteiger partial charge in [0.15, 0.2) is 23.1 Å². The number of rotatable bonds is 8. The number of carbonyl (C=O) groups is 2. The summed E-state index contributed by atoms with van der Waals surface area (Å²) in [5, 5.41) is 5.36. The minimum Gasteiger partial charge on any atom is -0.493 e. The van der Waals surface area contributed by atoms with Crippen molar-refractivity contribution < 1.29 is 27.8 Å². The number of methoxy groups -OCH3 is 2. The number of halogens is 2. The van der Waals surface area contributed by atoms with Crippen LogP contribution in [0.4, 0.5) is 8.78 Å². The molecule has 1 atom stereocenters. The van der Waals surface area contributed by atoms with Crippen LogP contribution < -0.4 is 20.1 Å². The van der Waals surface area contributed by atoms with Crippen LogP contribution in [0.3, 0.4) is 0 Å². The lowest BCUT2D eigenvalue weighted by Gasteiger charge is -2.35. The van der Waals surface area contributed by atoms with Crippen molar-refractivity contribution in [1.82, 2.24) is 15.5 Å². The molecule has 3 rings (SSSR count). The number of para-hydroxylation sites is 1. The van der Waals surface area contributed by atoms with Crippen molar-refractivity contribution in [2.45, 2.75) is 32.5 Å². The third kappa shape index (κ3) is 5.16. The number of ether oxygens (including phenoxy) is 2. The predicted molar refractivity (Wildman–Crippen MR) is 114 cm³/mol. The van der Waals surface area contributed by atoms with Crippen LogP contribution in [-0.2, 0) is 22.7 Å². The topological polar surface area (TPSA) is 79.9 Å². The fourth-order valence-electron chi connectivity index (χ4n) is 3.73. The average molecular weight is 447 g/mol. The third-order valence-electron chi connectivity index (χ3n) is 5.51. The van der Waals surface area contributed by atoms with Crippen molar-refractivity contribution in [3.8, 4) is 11.5 Å². The molecule has 2 N–H and O–H groups in total. The van der Waals surface area contributed by atoms with Gasteiger partial charge in [-0.3, -0.25) is 14.5 Å². The summed E-state index contributed by atoms with van der Waals surface area (Å²) in [5.74, 6) is -1.46. The molecular weight excluding hydrogens is 420 g/mol. The van der Waals surface area contributed by atoms with Crippen molar-refractivity contribution >= 4 is 11.8 Å². The molecule has 32 heavy (non-hydrogen) atoms. The van der Waals surface area contributed by atoms with Gasteiger partial charge in [0, 0.05) is 37.3 Å². The summed E-state index contributed by atoms with van der Waals surface area (Å²) in [5.41, 5.74) is 1.07. The van der Waals surface area contributed by atoms with Crippen molar-refractivity contribution in [1.29, 1.82) is 0 Å². The highest BCUT2D eigenvalue weighted by atomic mass is 19.2. The number of nitrogens with zero attached hydrogens (tertiary/aromatic N) is 1. The SMILES string of the molecule is COc1cccc(CN2CCNC(=O)C2CC(=O)NCc2ccc(C)c(F)c2F)c1OC. The first-order chi connectivity index (χ1) is 15.3. The Kier molecular flexibility index (Phi) is 7.63. The van der Waals surface area contributed by atoms with Gasteiger partial charge < -0.3 is 20.1 Å². The van der Waals surface area contributed by atoms with Crippen molar-refractivity contribution in [3.63, 3.8) is 0 Å². The quantitative estimate of drug-likeness (QED) is 0.649. The molecule has 9 heteroatoms. The van der Waals surface area contributed by atoms with E-state index < -0.39 is 23.6 Å². The maximum atomic E-state index is 14.1. The molecule has 172 valence electrons. The van der Waals surface area contributed by atoms with E-state index in [2.05, 4.69) is 10.6 Å². The van der Waals surface area contributed by atoms with Crippen LogP contribution in [0, 0.1) is 18.6 Å². The summed E-state index contributed by atoms with van der Waals surface area (Å²) in [7, 11) is 3.09. The van der Waals surface area contributed by atoms with Gasteiger partial charge in [0.25, 0.3) is 0 Å². The fourth-order valence-corrected chi connectivity index (χ4v) is 3.73. The third-order valence-corrected chi connectivity index (χ3v) is 5.51. The number of amides is 2. The molecule has 1 heterocycles. The largest absolute Gasteiger partial charge is 0.493 e. The van der Waals surface area contributed by atoms with Crippen LogP contribution in [0.5, 0.6) is 11.5 Å². The summed E-state index contributed by atoms with van der Waals surface area (Å²) in [6.07, 6.45) is -0.117. The monoisotopic (exact) mass is 447 g/mol. The van der Waals surface area contributed by atoms with Crippen LogP contribution in [0.1, 0.15) is 23.1 Å². The average Bonchev–Trinajstić information content (AvgIpc) is 2.79. The van der Waals surface area contributed by atoms with Gasteiger partial charge in [-0.1, -0.05) is 24.3 Å². The first-order valence-electron chi connectivity index (χ1n) is 10.3. The lowest BCUT2D eigenvalue weighted by Crippen LogP contribution is -2.56. The van der Waals surface area contributed by atoms with Gasteiger partial charge in [0.05, 0.1) is 26.7 Å². The zero-order chi connectivity index (χ0) is 23.3. The molecule has 0 aromatic heterocycles. The van der Waals surface area contributed by atoms with Crippen molar-refractivity contribution in [2.75, 3.05) is 27.3 Å². The second kappa shape index (κ2) is 10.4. The molecule has 1 aliphatic heterocycles. The van der Waals surface area contributed by atoms with E-state index >= 15 is 0 Å². The second-order valence-electron chi connectivity index (χ2n) is 7.58. The van der Waals surface area contributed by atoms with E-state index in [1.807, 2.05) is 17.0 Å². The maximum absolute atomic E-state index is 14.1. The first-order valence-corrected chi connectivity index (χ1v) is 10.3. The Morgan fingerprint density at radius 3 is 2.66 bits per heavy atom. The summed E-state index contributed by atoms with van der Waals surface area (Å²) < 4.78 is 38.6. The molecule has 7 nitrogen and oxygen atoms in total. The van der Waals surface area contributed by atoms with Gasteiger partial charge >= 0.3 is 0 Å². The van der Waals surface area contributed by atoms with Gasteiger partial charge in [0.1, 0.15) is 0 Å². The summed E-state index contributed by atoms with van der Waals surface area (Å²) in [6, 6.07) is 7.67. The molecule has 1 unspecified atom stereocenters. The highest BCUT2D eigenvalue weighted by molar-refractivity contribution is 5.88. The molecule has 1 fully saturated rings. The first kappa shape index (κ1) is 23.5. The van der Waals surface area contributed by atoms with Crippen LogP contribution in [0.25, 0.3) is 0 Å². The number of hydrogen-bond acceptors (Lipinski definition) is 5. The zero-order valence-electron chi connectivity index (χ0n) is 18.3. The van der Waals surface area contributed by atoms with E-state index in [1.165, 1.54) is 19.1 Å². The van der Waals surface area contributed by atoms with E-state index in [-0.39, 0.29) is 30.0 Å². The van der Waals surface area contributed by atoms with Gasteiger partial charge in [-0.05, 0) is 18.6 Å². The number of aryl methyl sites for hydroxylation is 1. The normalized spacial score (nSPS) is 16.4. The molecule has 2 aromatic rings. The number of piperazine rings is 1. The molecule has 1 saturated heterocycles. The van der Waals surface area contributed by atoms with Crippen molar-refractivity contribution in [3.05, 3.63) is 58.7 Å². The van der Waals surface area contributed by atoms with Gasteiger partial charge in [-0.25, -0.2) is 8.78 Å². The van der Waals surface area contributed by atoms with Crippen LogP contribution in [-0.4, -0.2) is 50.1 Å². The van der Waals surface area contributed by atoms with Gasteiger partial charge in [-0.2, -0.15) is 0 Å². The Morgan fingerprint density at radius 2 is 1.94 bits per heavy atom. The van der Waals surface area contributed by atoms with E-state index in [1.54, 1.807) is 20.3 Å². The summed E-state index contributed by atoms with van der Waals surface area (Å²) >= 11 is 0. The smallest absolute Gasteiger partial charge is 0.237 e. The zero-order valence-corrected chi connectivity index (χ0v) is 18.3. The minimum absolute atomic E-state index is 0.0486. The number of benzene rings is 2. The molecule has 0 spiro atoms. The predicted octanol–water partition coefficient (Wildman–Crippen LogP) is 2.30. The lowest BCUT2D eigenvalue weighted by atomic mass is 10.1. The Hall–Kier alpha value is -3.20. The van der Waals surface area contributed by atoms with Crippen molar-refractivity contribution in [2.24, 2.45) is 0 Å². The van der Waals surface area contributed by atoms with Crippen LogP contribution >= 0.6 is 0 Å². The number of hydrogen-bond donors (Lipinski definition) is 2. The van der Waals surface area contributed by atoms with E-state index in [0.29, 0.717) is 31.1 Å². The van der Waals surface area contributed by atoms with E-state index in [9.17, 15) is 18.4 Å². The molecule has 0 radical (unpaired) electrons. The summed E-state index contributed by atoms with van der Waals surface area (Å²) in [4.78, 5) is 26.9. The molecule has 2 aromatic carbocycles. The Labute approximate surface area is 185 Å². The minimum atomic E-state index is -0.979. The standard InChI is InChI=1S/C23H27F2N3O4/c1-14-7-8-15(21(25)20(14)24)12-27-19(29)11-17-23(30)26-9-10-28(17)13-16-5-4-6-18(31-2)22(16)32-3/h4-8,17H,9-13H2,1-3H3,(H,26,30)(H,27,29). The van der Waals surface area contributed by atoms with E-state index in [0.717, 1.165) is 5.56 Å². The maximum Gasteiger partial charge on any atom is 0.237 e. The van der Waals surface area contributed by atoms with Gasteiger partial charge in [0.2, 0.25) is 11.8 Å². The van der Waals surface area contributed by atoms with E-state index in [4.69, 9.17) is 9.47 Å². The molecule has 0 aliphatic carbocycles. The number of carbonyl (C=O) groups excluding carboxylic acids is 2. The molecular formula is C23H27F2N3O4. The Morgan fingerprint density at radius 1 is 1.16 bits per heavy atom. The Bertz CT molecular complexity index is 999. The molecule has 2 amide bonds. The highest BCUT2D eigenvalue weighted by Crippen LogP contribution is 2.32. The Balaban J connectivity index is 1.69. The van der Waals surface area contributed by atoms with Gasteiger partial charge in [-0.15, -0.1) is 0 Å². The summed E-state index contributed by atoms with van der Waals surface area (Å²) in [6.45, 7) is 2.68. The fraction of sp³-hybridized carbons (Fsp3) is 0.391. The second-order valence-corrected chi connectivity index (χ2v) is 7.58. The lowest BCUT2D eigenvalue weighted by molar-refractivity contribution is -0.134. The van der Waals surface area contributed by atoms with Crippen LogP contribution in [0.2, 0.25) is 0 Å². The molecule has 0 saturated carbocycles. The number of nitrogens with one attached hydrogen (secondary N) is 2. The van der Waals surface area contributed by atoms with Crippen LogP contribution in [0.15, 0.2) is 30.3 Å².